The monoisotopic (exact) mass is 338 g/mol. The summed E-state index contributed by atoms with van der Waals surface area (Å²) >= 11 is 0. The third-order valence-corrected chi connectivity index (χ3v) is 6.36. The van der Waals surface area contributed by atoms with Gasteiger partial charge in [0.1, 0.15) is 0 Å². The third-order valence-electron chi connectivity index (χ3n) is 4.29. The molecule has 0 atom stereocenters. The van der Waals surface area contributed by atoms with Crippen LogP contribution in [0.4, 0.5) is 0 Å². The van der Waals surface area contributed by atoms with Crippen LogP contribution in [0, 0.1) is 6.92 Å². The highest BCUT2D eigenvalue weighted by Crippen LogP contribution is 2.15. The number of piperidine rings is 1. The van der Waals surface area contributed by atoms with E-state index in [0.29, 0.717) is 38.8 Å². The molecule has 1 aromatic carbocycles. The first-order chi connectivity index (χ1) is 10.9. The van der Waals surface area contributed by atoms with Gasteiger partial charge in [0, 0.05) is 19.1 Å². The predicted octanol–water partition coefficient (Wildman–Crippen LogP) is 1.86. The number of hydrogen-bond donors (Lipinski definition) is 1. The van der Waals surface area contributed by atoms with Crippen molar-refractivity contribution < 1.29 is 13.2 Å². The van der Waals surface area contributed by atoms with Gasteiger partial charge in [0.2, 0.25) is 15.9 Å². The number of nitrogens with zero attached hydrogens (tertiary/aromatic N) is 1. The van der Waals surface area contributed by atoms with E-state index in [2.05, 4.69) is 5.32 Å². The van der Waals surface area contributed by atoms with E-state index < -0.39 is 10.0 Å². The third kappa shape index (κ3) is 5.04. The highest BCUT2D eigenvalue weighted by Gasteiger charge is 2.27. The van der Waals surface area contributed by atoms with Crippen LogP contribution < -0.4 is 5.32 Å². The summed E-state index contributed by atoms with van der Waals surface area (Å²) in [6.45, 7) is 4.87. The second kappa shape index (κ2) is 7.93. The van der Waals surface area contributed by atoms with E-state index >= 15 is 0 Å². The van der Waals surface area contributed by atoms with E-state index in [9.17, 15) is 13.2 Å². The van der Waals surface area contributed by atoms with Crippen LogP contribution in [0.5, 0.6) is 0 Å². The van der Waals surface area contributed by atoms with Gasteiger partial charge in [-0.05, 0) is 37.3 Å². The molecule has 5 nitrogen and oxygen atoms in total. The molecule has 23 heavy (non-hydrogen) atoms. The van der Waals surface area contributed by atoms with Crippen LogP contribution in [0.3, 0.4) is 0 Å². The molecule has 1 heterocycles. The number of sulfonamides is 1. The molecule has 0 aliphatic carbocycles. The van der Waals surface area contributed by atoms with Gasteiger partial charge in [0.25, 0.3) is 0 Å². The molecule has 0 aromatic heterocycles. The minimum Gasteiger partial charge on any atom is -0.353 e. The number of benzene rings is 1. The van der Waals surface area contributed by atoms with E-state index in [1.807, 2.05) is 38.1 Å². The molecule has 1 aliphatic rings. The normalized spacial score (nSPS) is 17.1. The quantitative estimate of drug-likeness (QED) is 0.861. The van der Waals surface area contributed by atoms with Gasteiger partial charge < -0.3 is 5.32 Å². The Labute approximate surface area is 139 Å². The van der Waals surface area contributed by atoms with Gasteiger partial charge in [0.05, 0.1) is 12.2 Å². The van der Waals surface area contributed by atoms with Gasteiger partial charge in [-0.25, -0.2) is 12.7 Å². The average molecular weight is 338 g/mol. The number of hydrogen-bond acceptors (Lipinski definition) is 3. The first kappa shape index (κ1) is 17.9. The van der Waals surface area contributed by atoms with Gasteiger partial charge in [-0.1, -0.05) is 31.2 Å². The second-order valence-corrected chi connectivity index (χ2v) is 8.25. The number of carbonyl (C=O) groups is 1. The smallest absolute Gasteiger partial charge is 0.224 e. The standard InChI is InChI=1S/C17H26N2O3S/c1-3-12-23(21,22)19-10-8-16(9-11-19)18-17(20)13-15-7-5-4-6-14(15)2/h4-7,16H,3,8-13H2,1-2H3,(H,18,20). The van der Waals surface area contributed by atoms with Crippen molar-refractivity contribution in [1.82, 2.24) is 9.62 Å². The maximum absolute atomic E-state index is 12.2. The number of carbonyl (C=O) groups excluding carboxylic acids is 1. The molecule has 2 rings (SSSR count). The van der Waals surface area contributed by atoms with E-state index in [1.165, 1.54) is 0 Å². The van der Waals surface area contributed by atoms with Gasteiger partial charge in [-0.15, -0.1) is 0 Å². The lowest BCUT2D eigenvalue weighted by Crippen LogP contribution is -2.47. The Morgan fingerprint density at radius 2 is 1.91 bits per heavy atom. The minimum absolute atomic E-state index is 0.00849. The summed E-state index contributed by atoms with van der Waals surface area (Å²) in [4.78, 5) is 12.2. The van der Waals surface area contributed by atoms with Crippen molar-refractivity contribution in [2.75, 3.05) is 18.8 Å². The molecule has 1 fully saturated rings. The molecule has 1 saturated heterocycles. The van der Waals surface area contributed by atoms with Gasteiger partial charge in [0.15, 0.2) is 0 Å². The molecule has 0 bridgehead atoms. The van der Waals surface area contributed by atoms with Crippen molar-refractivity contribution in [3.8, 4) is 0 Å². The summed E-state index contributed by atoms with van der Waals surface area (Å²) in [6, 6.07) is 7.93. The van der Waals surface area contributed by atoms with Crippen LogP contribution in [-0.4, -0.2) is 43.5 Å². The summed E-state index contributed by atoms with van der Waals surface area (Å²) in [5.41, 5.74) is 2.15. The fourth-order valence-electron chi connectivity index (χ4n) is 2.93. The highest BCUT2D eigenvalue weighted by molar-refractivity contribution is 7.89. The molecule has 0 spiro atoms. The Morgan fingerprint density at radius 3 is 2.52 bits per heavy atom. The Kier molecular flexibility index (Phi) is 6.18. The lowest BCUT2D eigenvalue weighted by molar-refractivity contribution is -0.121. The summed E-state index contributed by atoms with van der Waals surface area (Å²) in [6.07, 6.45) is 2.38. The van der Waals surface area contributed by atoms with Crippen molar-refractivity contribution in [2.24, 2.45) is 0 Å². The zero-order valence-electron chi connectivity index (χ0n) is 13.9. The van der Waals surface area contributed by atoms with Crippen LogP contribution in [-0.2, 0) is 21.2 Å². The lowest BCUT2D eigenvalue weighted by Gasteiger charge is -2.31. The zero-order valence-corrected chi connectivity index (χ0v) is 14.7. The summed E-state index contributed by atoms with van der Waals surface area (Å²) in [7, 11) is -3.12. The molecular weight excluding hydrogens is 312 g/mol. The molecule has 1 amide bonds. The first-order valence-electron chi connectivity index (χ1n) is 8.24. The molecule has 6 heteroatoms. The van der Waals surface area contributed by atoms with Crippen molar-refractivity contribution >= 4 is 15.9 Å². The van der Waals surface area contributed by atoms with Crippen molar-refractivity contribution in [3.63, 3.8) is 0 Å². The highest BCUT2D eigenvalue weighted by atomic mass is 32.2. The molecular formula is C17H26N2O3S. The molecule has 0 saturated carbocycles. The van der Waals surface area contributed by atoms with Crippen LogP contribution >= 0.6 is 0 Å². The van der Waals surface area contributed by atoms with Crippen molar-refractivity contribution in [1.29, 1.82) is 0 Å². The van der Waals surface area contributed by atoms with E-state index in [0.717, 1.165) is 11.1 Å². The zero-order chi connectivity index (χ0) is 16.9. The SMILES string of the molecule is CCCS(=O)(=O)N1CCC(NC(=O)Cc2ccccc2C)CC1. The lowest BCUT2D eigenvalue weighted by atomic mass is 10.0. The Morgan fingerprint density at radius 1 is 1.26 bits per heavy atom. The Balaban J connectivity index is 1.82. The molecule has 128 valence electrons. The number of amides is 1. The fraction of sp³-hybridized carbons (Fsp3) is 0.588. The first-order valence-corrected chi connectivity index (χ1v) is 9.85. The summed E-state index contributed by atoms with van der Waals surface area (Å²) < 4.78 is 25.6. The molecule has 0 unspecified atom stereocenters. The number of nitrogens with one attached hydrogen (secondary N) is 1. The Bertz CT molecular complexity index is 635. The minimum atomic E-state index is -3.12. The summed E-state index contributed by atoms with van der Waals surface area (Å²) in [5, 5.41) is 3.04. The molecule has 1 aromatic rings. The van der Waals surface area contributed by atoms with Crippen LogP contribution in [0.2, 0.25) is 0 Å². The van der Waals surface area contributed by atoms with Crippen molar-refractivity contribution in [3.05, 3.63) is 35.4 Å². The van der Waals surface area contributed by atoms with E-state index in [1.54, 1.807) is 4.31 Å². The maximum Gasteiger partial charge on any atom is 0.224 e. The van der Waals surface area contributed by atoms with E-state index in [4.69, 9.17) is 0 Å². The largest absolute Gasteiger partial charge is 0.353 e. The Hall–Kier alpha value is -1.40. The molecule has 1 N–H and O–H groups in total. The van der Waals surface area contributed by atoms with Crippen molar-refractivity contribution in [2.45, 2.75) is 45.6 Å². The summed E-state index contributed by atoms with van der Waals surface area (Å²) in [5.74, 6) is 0.214. The van der Waals surface area contributed by atoms with Gasteiger partial charge >= 0.3 is 0 Å². The van der Waals surface area contributed by atoms with Crippen LogP contribution in [0.25, 0.3) is 0 Å². The molecule has 1 aliphatic heterocycles. The second-order valence-electron chi connectivity index (χ2n) is 6.16. The molecule has 0 radical (unpaired) electrons. The number of aryl methyl sites for hydroxylation is 1. The van der Waals surface area contributed by atoms with Crippen LogP contribution in [0.15, 0.2) is 24.3 Å². The maximum atomic E-state index is 12.2. The average Bonchev–Trinajstić information content (AvgIpc) is 2.50. The van der Waals surface area contributed by atoms with Gasteiger partial charge in [-0.2, -0.15) is 0 Å². The van der Waals surface area contributed by atoms with E-state index in [-0.39, 0.29) is 17.7 Å². The van der Waals surface area contributed by atoms with Crippen LogP contribution in [0.1, 0.15) is 37.3 Å². The predicted molar refractivity (Wildman–Crippen MR) is 91.7 cm³/mol. The fourth-order valence-corrected chi connectivity index (χ4v) is 4.47. The van der Waals surface area contributed by atoms with Gasteiger partial charge in [-0.3, -0.25) is 4.79 Å². The number of rotatable bonds is 6. The topological polar surface area (TPSA) is 66.5 Å².